The molecule has 2 unspecified atom stereocenters. The molecule has 0 spiro atoms. The van der Waals surface area contributed by atoms with Crippen LogP contribution in [0.25, 0.3) is 0 Å². The average Bonchev–Trinajstić information content (AvgIpc) is 2.72. The number of anilines is 2. The van der Waals surface area contributed by atoms with E-state index in [4.69, 9.17) is 9.47 Å². The summed E-state index contributed by atoms with van der Waals surface area (Å²) in [7, 11) is 3.35. The number of rotatable bonds is 2. The molecule has 1 aromatic carbocycles. The summed E-state index contributed by atoms with van der Waals surface area (Å²) in [6.45, 7) is 3.37. The number of methoxy groups -OCH3 is 2. The van der Waals surface area contributed by atoms with E-state index in [0.29, 0.717) is 11.5 Å². The smallest absolute Gasteiger partial charge is 0.162 e. The van der Waals surface area contributed by atoms with Gasteiger partial charge >= 0.3 is 0 Å². The third-order valence-corrected chi connectivity index (χ3v) is 4.62. The topological polar surface area (TPSA) is 42.5 Å². The summed E-state index contributed by atoms with van der Waals surface area (Å²) in [6.07, 6.45) is 3.82. The SMILES string of the molecule is COc1cc2c(cc1OC)NC1CCCC1(C)CN2. The molecule has 1 saturated carbocycles. The summed E-state index contributed by atoms with van der Waals surface area (Å²) in [5, 5.41) is 7.25. The average molecular weight is 262 g/mol. The van der Waals surface area contributed by atoms with E-state index in [-0.39, 0.29) is 0 Å². The summed E-state index contributed by atoms with van der Waals surface area (Å²) in [5.41, 5.74) is 2.56. The quantitative estimate of drug-likeness (QED) is 0.859. The van der Waals surface area contributed by atoms with Crippen molar-refractivity contribution in [3.8, 4) is 11.5 Å². The fraction of sp³-hybridized carbons (Fsp3) is 0.600. The van der Waals surface area contributed by atoms with Crippen LogP contribution in [0.2, 0.25) is 0 Å². The molecule has 3 rings (SSSR count). The minimum atomic E-state index is 0.333. The molecule has 2 aliphatic rings. The molecule has 1 aliphatic carbocycles. The molecule has 19 heavy (non-hydrogen) atoms. The lowest BCUT2D eigenvalue weighted by atomic mass is 9.85. The number of nitrogens with one attached hydrogen (secondary N) is 2. The van der Waals surface area contributed by atoms with Crippen LogP contribution in [-0.4, -0.2) is 26.8 Å². The summed E-state index contributed by atoms with van der Waals surface area (Å²) in [4.78, 5) is 0. The molecule has 1 fully saturated rings. The van der Waals surface area contributed by atoms with Gasteiger partial charge in [0.15, 0.2) is 11.5 Å². The van der Waals surface area contributed by atoms with Crippen LogP contribution in [0, 0.1) is 5.41 Å². The third-order valence-electron chi connectivity index (χ3n) is 4.62. The lowest BCUT2D eigenvalue weighted by Gasteiger charge is -2.29. The molecule has 0 bridgehead atoms. The van der Waals surface area contributed by atoms with Crippen molar-refractivity contribution in [3.05, 3.63) is 12.1 Å². The first-order valence-corrected chi connectivity index (χ1v) is 6.93. The Bertz CT molecular complexity index is 489. The summed E-state index contributed by atoms with van der Waals surface area (Å²) in [6, 6.07) is 4.59. The van der Waals surface area contributed by atoms with Gasteiger partial charge in [-0.05, 0) is 12.8 Å². The summed E-state index contributed by atoms with van der Waals surface area (Å²) in [5.74, 6) is 1.55. The Balaban J connectivity index is 1.99. The Kier molecular flexibility index (Phi) is 2.96. The van der Waals surface area contributed by atoms with Crippen molar-refractivity contribution < 1.29 is 9.47 Å². The van der Waals surface area contributed by atoms with E-state index in [1.165, 1.54) is 19.3 Å². The van der Waals surface area contributed by atoms with E-state index >= 15 is 0 Å². The standard InChI is InChI=1S/C15H22N2O2/c1-15-6-4-5-14(15)17-11-8-13(19-3)12(18-2)7-10(11)16-9-15/h7-8,14,16-17H,4-6,9H2,1-3H3. The van der Waals surface area contributed by atoms with Crippen molar-refractivity contribution >= 4 is 11.4 Å². The maximum absolute atomic E-state index is 5.39. The van der Waals surface area contributed by atoms with Gasteiger partial charge in [-0.3, -0.25) is 0 Å². The van der Waals surface area contributed by atoms with Crippen molar-refractivity contribution in [2.24, 2.45) is 5.41 Å². The first-order chi connectivity index (χ1) is 9.16. The van der Waals surface area contributed by atoms with Crippen LogP contribution < -0.4 is 20.1 Å². The highest BCUT2D eigenvalue weighted by molar-refractivity contribution is 5.75. The molecule has 4 heteroatoms. The zero-order valence-corrected chi connectivity index (χ0v) is 11.9. The van der Waals surface area contributed by atoms with Crippen molar-refractivity contribution in [1.29, 1.82) is 0 Å². The van der Waals surface area contributed by atoms with E-state index in [9.17, 15) is 0 Å². The van der Waals surface area contributed by atoms with Crippen molar-refractivity contribution in [2.45, 2.75) is 32.2 Å². The van der Waals surface area contributed by atoms with E-state index in [1.54, 1.807) is 14.2 Å². The lowest BCUT2D eigenvalue weighted by molar-refractivity contribution is 0.335. The van der Waals surface area contributed by atoms with Crippen LogP contribution in [-0.2, 0) is 0 Å². The Morgan fingerprint density at radius 3 is 2.53 bits per heavy atom. The summed E-state index contributed by atoms with van der Waals surface area (Å²) >= 11 is 0. The molecule has 0 radical (unpaired) electrons. The number of hydrogen-bond acceptors (Lipinski definition) is 4. The molecule has 0 amide bonds. The molecule has 1 heterocycles. The normalized spacial score (nSPS) is 28.5. The van der Waals surface area contributed by atoms with Gasteiger partial charge in [-0.25, -0.2) is 0 Å². The number of hydrogen-bond donors (Lipinski definition) is 2. The van der Waals surface area contributed by atoms with Crippen LogP contribution in [0.15, 0.2) is 12.1 Å². The van der Waals surface area contributed by atoms with Gasteiger partial charge < -0.3 is 20.1 Å². The highest BCUT2D eigenvalue weighted by atomic mass is 16.5. The minimum absolute atomic E-state index is 0.333. The van der Waals surface area contributed by atoms with Crippen LogP contribution in [0.4, 0.5) is 11.4 Å². The van der Waals surface area contributed by atoms with E-state index in [0.717, 1.165) is 29.4 Å². The fourth-order valence-corrected chi connectivity index (χ4v) is 3.32. The Hall–Kier alpha value is -1.58. The van der Waals surface area contributed by atoms with Crippen LogP contribution in [0.5, 0.6) is 11.5 Å². The number of benzene rings is 1. The van der Waals surface area contributed by atoms with Crippen molar-refractivity contribution in [1.82, 2.24) is 0 Å². The molecule has 104 valence electrons. The highest BCUT2D eigenvalue weighted by Crippen LogP contribution is 2.45. The van der Waals surface area contributed by atoms with Gasteiger partial charge in [0, 0.05) is 30.1 Å². The molecule has 2 N–H and O–H groups in total. The van der Waals surface area contributed by atoms with Crippen LogP contribution in [0.1, 0.15) is 26.2 Å². The molecular formula is C15H22N2O2. The molecule has 1 aromatic rings. The Morgan fingerprint density at radius 1 is 1.16 bits per heavy atom. The predicted molar refractivity (Wildman–Crippen MR) is 77.4 cm³/mol. The zero-order chi connectivity index (χ0) is 13.5. The van der Waals surface area contributed by atoms with Gasteiger partial charge in [0.05, 0.1) is 25.6 Å². The Labute approximate surface area is 114 Å². The second-order valence-electron chi connectivity index (χ2n) is 5.85. The van der Waals surface area contributed by atoms with Gasteiger partial charge in [-0.1, -0.05) is 13.3 Å². The maximum atomic E-state index is 5.39. The third kappa shape index (κ3) is 1.99. The molecular weight excluding hydrogens is 240 g/mol. The first kappa shape index (κ1) is 12.5. The van der Waals surface area contributed by atoms with Gasteiger partial charge in [-0.15, -0.1) is 0 Å². The molecule has 0 saturated heterocycles. The van der Waals surface area contributed by atoms with Gasteiger partial charge in [0.2, 0.25) is 0 Å². The minimum Gasteiger partial charge on any atom is -0.493 e. The first-order valence-electron chi connectivity index (χ1n) is 6.93. The maximum Gasteiger partial charge on any atom is 0.162 e. The van der Waals surface area contributed by atoms with Gasteiger partial charge in [0.25, 0.3) is 0 Å². The highest BCUT2D eigenvalue weighted by Gasteiger charge is 2.40. The molecule has 0 aromatic heterocycles. The van der Waals surface area contributed by atoms with Gasteiger partial charge in [-0.2, -0.15) is 0 Å². The van der Waals surface area contributed by atoms with E-state index in [2.05, 4.69) is 17.6 Å². The fourth-order valence-electron chi connectivity index (χ4n) is 3.32. The molecule has 4 nitrogen and oxygen atoms in total. The summed E-state index contributed by atoms with van der Waals surface area (Å²) < 4.78 is 10.8. The van der Waals surface area contributed by atoms with E-state index in [1.807, 2.05) is 12.1 Å². The monoisotopic (exact) mass is 262 g/mol. The number of fused-ring (bicyclic) bond motifs is 2. The Morgan fingerprint density at radius 2 is 1.84 bits per heavy atom. The second kappa shape index (κ2) is 4.51. The van der Waals surface area contributed by atoms with Crippen molar-refractivity contribution in [2.75, 3.05) is 31.4 Å². The van der Waals surface area contributed by atoms with Crippen LogP contribution in [0.3, 0.4) is 0 Å². The zero-order valence-electron chi connectivity index (χ0n) is 11.9. The van der Waals surface area contributed by atoms with Crippen molar-refractivity contribution in [3.63, 3.8) is 0 Å². The number of ether oxygens (including phenoxy) is 2. The molecule has 1 aliphatic heterocycles. The van der Waals surface area contributed by atoms with Gasteiger partial charge in [0.1, 0.15) is 0 Å². The van der Waals surface area contributed by atoms with E-state index < -0.39 is 0 Å². The predicted octanol–water partition coefficient (Wildman–Crippen LogP) is 3.10. The van der Waals surface area contributed by atoms with Crippen LogP contribution >= 0.6 is 0 Å². The lowest BCUT2D eigenvalue weighted by Crippen LogP contribution is -2.36. The molecule has 2 atom stereocenters. The second-order valence-corrected chi connectivity index (χ2v) is 5.85. The largest absolute Gasteiger partial charge is 0.493 e.